The second-order valence-corrected chi connectivity index (χ2v) is 5.35. The van der Waals surface area contributed by atoms with Crippen molar-refractivity contribution in [1.82, 2.24) is 0 Å². The number of hydrogen-bond acceptors (Lipinski definition) is 5. The van der Waals surface area contributed by atoms with Crippen LogP contribution in [0, 0.1) is 0 Å². The van der Waals surface area contributed by atoms with E-state index in [0.29, 0.717) is 31.1 Å². The lowest BCUT2D eigenvalue weighted by Gasteiger charge is -2.25. The fraction of sp³-hybridized carbons (Fsp3) is 0.562. The lowest BCUT2D eigenvalue weighted by molar-refractivity contribution is -0.137. The standard InChI is InChI=1S/C16H23NO5/c1-20-16-12(13(17)5-6-15(18)19)3-2-4-14(16)22-11-7-9-21-10-8-11/h2-4,11,13H,5-10,17H2,1H3,(H,18,19). The minimum absolute atomic E-state index is 0.0232. The Labute approximate surface area is 130 Å². The van der Waals surface area contributed by atoms with Crippen LogP contribution in [0.25, 0.3) is 0 Å². The Morgan fingerprint density at radius 2 is 2.18 bits per heavy atom. The van der Waals surface area contributed by atoms with Crippen LogP contribution in [0.4, 0.5) is 0 Å². The third kappa shape index (κ3) is 4.35. The summed E-state index contributed by atoms with van der Waals surface area (Å²) in [7, 11) is 1.57. The van der Waals surface area contributed by atoms with Crippen molar-refractivity contribution < 1.29 is 24.1 Å². The van der Waals surface area contributed by atoms with Crippen LogP contribution in [0.3, 0.4) is 0 Å². The van der Waals surface area contributed by atoms with E-state index in [4.69, 9.17) is 25.1 Å². The number of carbonyl (C=O) groups is 1. The van der Waals surface area contributed by atoms with Crippen LogP contribution < -0.4 is 15.2 Å². The second-order valence-electron chi connectivity index (χ2n) is 5.35. The van der Waals surface area contributed by atoms with Gasteiger partial charge in [0.2, 0.25) is 0 Å². The van der Waals surface area contributed by atoms with Gasteiger partial charge in [0.15, 0.2) is 11.5 Å². The monoisotopic (exact) mass is 309 g/mol. The van der Waals surface area contributed by atoms with Crippen molar-refractivity contribution in [2.75, 3.05) is 20.3 Å². The maximum atomic E-state index is 10.7. The topological polar surface area (TPSA) is 91.0 Å². The lowest BCUT2D eigenvalue weighted by atomic mass is 10.0. The number of rotatable bonds is 7. The molecule has 0 amide bonds. The van der Waals surface area contributed by atoms with Crippen molar-refractivity contribution in [1.29, 1.82) is 0 Å². The average Bonchev–Trinajstić information content (AvgIpc) is 2.53. The summed E-state index contributed by atoms with van der Waals surface area (Å²) in [5.41, 5.74) is 6.87. The molecule has 6 nitrogen and oxygen atoms in total. The fourth-order valence-electron chi connectivity index (χ4n) is 2.54. The summed E-state index contributed by atoms with van der Waals surface area (Å²) in [4.78, 5) is 10.7. The number of ether oxygens (including phenoxy) is 3. The molecule has 0 aliphatic carbocycles. The van der Waals surface area contributed by atoms with Crippen molar-refractivity contribution >= 4 is 5.97 Å². The maximum absolute atomic E-state index is 10.7. The molecular weight excluding hydrogens is 286 g/mol. The predicted octanol–water partition coefficient (Wildman–Crippen LogP) is 2.12. The van der Waals surface area contributed by atoms with E-state index in [1.54, 1.807) is 7.11 Å². The zero-order chi connectivity index (χ0) is 15.9. The summed E-state index contributed by atoms with van der Waals surface area (Å²) in [6.45, 7) is 1.40. The van der Waals surface area contributed by atoms with Gasteiger partial charge in [-0.2, -0.15) is 0 Å². The Morgan fingerprint density at radius 1 is 1.45 bits per heavy atom. The highest BCUT2D eigenvalue weighted by atomic mass is 16.5. The van der Waals surface area contributed by atoms with Gasteiger partial charge in [0.05, 0.1) is 20.3 Å². The number of methoxy groups -OCH3 is 1. The molecule has 1 aliphatic rings. The summed E-state index contributed by atoms with van der Waals surface area (Å²) in [5, 5.41) is 8.78. The molecule has 1 aromatic carbocycles. The van der Waals surface area contributed by atoms with Gasteiger partial charge in [0, 0.05) is 30.9 Å². The number of aliphatic carboxylic acids is 1. The van der Waals surface area contributed by atoms with Gasteiger partial charge >= 0.3 is 5.97 Å². The lowest BCUT2D eigenvalue weighted by Crippen LogP contribution is -2.26. The number of carboxylic acid groups (broad SMARTS) is 1. The molecular formula is C16H23NO5. The molecule has 1 fully saturated rings. The molecule has 0 saturated carbocycles. The molecule has 0 aromatic heterocycles. The van der Waals surface area contributed by atoms with Gasteiger partial charge in [-0.05, 0) is 12.5 Å². The van der Waals surface area contributed by atoms with E-state index in [9.17, 15) is 4.79 Å². The van der Waals surface area contributed by atoms with Crippen LogP contribution in [-0.4, -0.2) is 37.5 Å². The van der Waals surface area contributed by atoms with Gasteiger partial charge in [-0.25, -0.2) is 0 Å². The van der Waals surface area contributed by atoms with Crippen LogP contribution in [0.2, 0.25) is 0 Å². The van der Waals surface area contributed by atoms with Crippen molar-refractivity contribution in [3.05, 3.63) is 23.8 Å². The first-order chi connectivity index (χ1) is 10.6. The van der Waals surface area contributed by atoms with Crippen LogP contribution in [0.1, 0.15) is 37.3 Å². The zero-order valence-corrected chi connectivity index (χ0v) is 12.8. The van der Waals surface area contributed by atoms with Crippen molar-refractivity contribution in [3.63, 3.8) is 0 Å². The summed E-state index contributed by atoms with van der Waals surface area (Å²) in [6, 6.07) is 5.15. The first-order valence-electron chi connectivity index (χ1n) is 7.50. The minimum atomic E-state index is -0.857. The summed E-state index contributed by atoms with van der Waals surface area (Å²) in [6.07, 6.45) is 2.17. The second kappa shape index (κ2) is 8.00. The van der Waals surface area contributed by atoms with Crippen LogP contribution >= 0.6 is 0 Å². The third-order valence-electron chi connectivity index (χ3n) is 3.74. The largest absolute Gasteiger partial charge is 0.493 e. The van der Waals surface area contributed by atoms with Gasteiger partial charge < -0.3 is 25.1 Å². The first-order valence-corrected chi connectivity index (χ1v) is 7.50. The molecule has 2 rings (SSSR count). The minimum Gasteiger partial charge on any atom is -0.493 e. The average molecular weight is 309 g/mol. The fourth-order valence-corrected chi connectivity index (χ4v) is 2.54. The molecule has 1 unspecified atom stereocenters. The molecule has 0 spiro atoms. The number of hydrogen-bond donors (Lipinski definition) is 2. The molecule has 1 heterocycles. The van der Waals surface area contributed by atoms with Gasteiger partial charge in [-0.3, -0.25) is 4.79 Å². The molecule has 122 valence electrons. The number of benzene rings is 1. The Kier molecular flexibility index (Phi) is 6.03. The first kappa shape index (κ1) is 16.6. The summed E-state index contributed by atoms with van der Waals surface area (Å²) in [5.74, 6) is 0.383. The van der Waals surface area contributed by atoms with E-state index in [2.05, 4.69) is 0 Å². The zero-order valence-electron chi connectivity index (χ0n) is 12.8. The SMILES string of the molecule is COc1c(OC2CCOCC2)cccc1C(N)CCC(=O)O. The Bertz CT molecular complexity index is 499. The van der Waals surface area contributed by atoms with E-state index < -0.39 is 12.0 Å². The Hall–Kier alpha value is -1.79. The molecule has 1 aliphatic heterocycles. The summed E-state index contributed by atoms with van der Waals surface area (Å²) < 4.78 is 16.8. The van der Waals surface area contributed by atoms with Crippen LogP contribution in [0.15, 0.2) is 18.2 Å². The molecule has 1 saturated heterocycles. The van der Waals surface area contributed by atoms with Crippen LogP contribution in [-0.2, 0) is 9.53 Å². The molecule has 0 bridgehead atoms. The highest BCUT2D eigenvalue weighted by molar-refractivity contribution is 5.66. The quantitative estimate of drug-likeness (QED) is 0.801. The van der Waals surface area contributed by atoms with Gasteiger partial charge in [-0.15, -0.1) is 0 Å². The Balaban J connectivity index is 2.13. The molecule has 6 heteroatoms. The molecule has 1 aromatic rings. The maximum Gasteiger partial charge on any atom is 0.303 e. The highest BCUT2D eigenvalue weighted by Gasteiger charge is 2.21. The van der Waals surface area contributed by atoms with E-state index in [1.807, 2.05) is 18.2 Å². The van der Waals surface area contributed by atoms with Gasteiger partial charge in [-0.1, -0.05) is 12.1 Å². The van der Waals surface area contributed by atoms with E-state index >= 15 is 0 Å². The number of para-hydroxylation sites is 1. The highest BCUT2D eigenvalue weighted by Crippen LogP contribution is 2.36. The van der Waals surface area contributed by atoms with E-state index in [1.165, 1.54) is 0 Å². The van der Waals surface area contributed by atoms with E-state index in [0.717, 1.165) is 18.4 Å². The van der Waals surface area contributed by atoms with Crippen molar-refractivity contribution in [2.45, 2.75) is 37.8 Å². The van der Waals surface area contributed by atoms with Crippen LogP contribution in [0.5, 0.6) is 11.5 Å². The summed E-state index contributed by atoms with van der Waals surface area (Å²) >= 11 is 0. The van der Waals surface area contributed by atoms with Crippen molar-refractivity contribution in [2.24, 2.45) is 5.73 Å². The number of carboxylic acids is 1. The van der Waals surface area contributed by atoms with Crippen molar-refractivity contribution in [3.8, 4) is 11.5 Å². The van der Waals surface area contributed by atoms with E-state index in [-0.39, 0.29) is 12.5 Å². The Morgan fingerprint density at radius 3 is 2.82 bits per heavy atom. The van der Waals surface area contributed by atoms with Gasteiger partial charge in [0.1, 0.15) is 6.10 Å². The number of nitrogens with two attached hydrogens (primary N) is 1. The molecule has 1 atom stereocenters. The predicted molar refractivity (Wildman–Crippen MR) is 81.3 cm³/mol. The third-order valence-corrected chi connectivity index (χ3v) is 3.74. The molecule has 3 N–H and O–H groups in total. The normalized spacial score (nSPS) is 17.0. The van der Waals surface area contributed by atoms with Gasteiger partial charge in [0.25, 0.3) is 0 Å². The smallest absolute Gasteiger partial charge is 0.303 e. The molecule has 0 radical (unpaired) electrons. The molecule has 22 heavy (non-hydrogen) atoms.